The van der Waals surface area contributed by atoms with E-state index in [0.29, 0.717) is 6.61 Å². The molecule has 4 heteroatoms. The van der Waals surface area contributed by atoms with Gasteiger partial charge in [0.15, 0.2) is 4.88 Å². The minimum atomic E-state index is -0.203. The molecule has 0 atom stereocenters. The highest BCUT2D eigenvalue weighted by molar-refractivity contribution is 7.13. The maximum atomic E-state index is 11.5. The van der Waals surface area contributed by atoms with Gasteiger partial charge in [-0.25, -0.2) is 4.79 Å². The first kappa shape index (κ1) is 11.2. The Hall–Kier alpha value is -0.900. The van der Waals surface area contributed by atoms with Crippen molar-refractivity contribution in [3.8, 4) is 0 Å². The number of aromatic nitrogens is 1. The first-order valence-electron chi connectivity index (χ1n) is 4.78. The van der Waals surface area contributed by atoms with Gasteiger partial charge in [-0.2, -0.15) is 4.57 Å². The third-order valence-electron chi connectivity index (χ3n) is 2.14. The SMILES string of the molecule is CCOC(=O)c1sc(C)[n+](CC)c1C. The third kappa shape index (κ3) is 1.95. The summed E-state index contributed by atoms with van der Waals surface area (Å²) in [6, 6.07) is 0. The van der Waals surface area contributed by atoms with E-state index in [2.05, 4.69) is 11.5 Å². The van der Waals surface area contributed by atoms with E-state index in [4.69, 9.17) is 4.74 Å². The first-order chi connectivity index (χ1) is 6.61. The summed E-state index contributed by atoms with van der Waals surface area (Å²) >= 11 is 1.50. The third-order valence-corrected chi connectivity index (χ3v) is 3.32. The molecule has 78 valence electrons. The largest absolute Gasteiger partial charge is 0.462 e. The van der Waals surface area contributed by atoms with Gasteiger partial charge < -0.3 is 4.74 Å². The fourth-order valence-corrected chi connectivity index (χ4v) is 2.55. The minimum absolute atomic E-state index is 0.203. The molecule has 0 N–H and O–H groups in total. The van der Waals surface area contributed by atoms with Crippen molar-refractivity contribution in [2.45, 2.75) is 34.2 Å². The van der Waals surface area contributed by atoms with Crippen molar-refractivity contribution >= 4 is 17.3 Å². The molecule has 0 saturated carbocycles. The molecule has 0 radical (unpaired) electrons. The zero-order valence-corrected chi connectivity index (χ0v) is 9.90. The molecule has 0 aliphatic rings. The highest BCUT2D eigenvalue weighted by Crippen LogP contribution is 2.16. The fourth-order valence-electron chi connectivity index (χ4n) is 1.48. The Labute approximate surface area is 88.3 Å². The molecule has 14 heavy (non-hydrogen) atoms. The van der Waals surface area contributed by atoms with Gasteiger partial charge in [-0.05, 0) is 13.8 Å². The average Bonchev–Trinajstić information content (AvgIpc) is 2.42. The summed E-state index contributed by atoms with van der Waals surface area (Å²) in [6.45, 7) is 9.20. The molecule has 3 nitrogen and oxygen atoms in total. The summed E-state index contributed by atoms with van der Waals surface area (Å²) in [7, 11) is 0. The van der Waals surface area contributed by atoms with Crippen LogP contribution in [0.1, 0.15) is 34.2 Å². The normalized spacial score (nSPS) is 10.3. The number of carbonyl (C=O) groups is 1. The van der Waals surface area contributed by atoms with E-state index in [9.17, 15) is 4.79 Å². The molecule has 0 aliphatic carbocycles. The molecule has 1 aromatic rings. The minimum Gasteiger partial charge on any atom is -0.462 e. The van der Waals surface area contributed by atoms with E-state index in [1.54, 1.807) is 0 Å². The summed E-state index contributed by atoms with van der Waals surface area (Å²) in [5.41, 5.74) is 1.01. The molecule has 0 unspecified atom stereocenters. The van der Waals surface area contributed by atoms with Crippen LogP contribution in [-0.2, 0) is 11.3 Å². The van der Waals surface area contributed by atoms with Crippen LogP contribution in [0.3, 0.4) is 0 Å². The number of rotatable bonds is 3. The highest BCUT2D eigenvalue weighted by Gasteiger charge is 2.24. The van der Waals surface area contributed by atoms with E-state index < -0.39 is 0 Å². The zero-order valence-electron chi connectivity index (χ0n) is 9.09. The molecular formula is C10H16NO2S+. The van der Waals surface area contributed by atoms with Crippen LogP contribution in [0.4, 0.5) is 0 Å². The predicted octanol–water partition coefficient (Wildman–Crippen LogP) is 1.85. The maximum Gasteiger partial charge on any atom is 0.355 e. The van der Waals surface area contributed by atoms with Gasteiger partial charge in [-0.15, -0.1) is 0 Å². The van der Waals surface area contributed by atoms with Crippen molar-refractivity contribution in [3.05, 3.63) is 15.6 Å². The molecule has 0 amide bonds. The number of ether oxygens (including phenoxy) is 1. The topological polar surface area (TPSA) is 30.2 Å². The Kier molecular flexibility index (Phi) is 3.63. The second kappa shape index (κ2) is 4.55. The van der Waals surface area contributed by atoms with Crippen LogP contribution < -0.4 is 4.57 Å². The van der Waals surface area contributed by atoms with Gasteiger partial charge in [0.25, 0.3) is 0 Å². The monoisotopic (exact) mass is 214 g/mol. The van der Waals surface area contributed by atoms with Crippen molar-refractivity contribution < 1.29 is 14.1 Å². The molecule has 0 bridgehead atoms. The van der Waals surface area contributed by atoms with Crippen LogP contribution in [0.5, 0.6) is 0 Å². The predicted molar refractivity (Wildman–Crippen MR) is 55.6 cm³/mol. The van der Waals surface area contributed by atoms with Gasteiger partial charge in [-0.1, -0.05) is 11.3 Å². The Morgan fingerprint density at radius 1 is 1.43 bits per heavy atom. The van der Waals surface area contributed by atoms with Gasteiger partial charge in [0.05, 0.1) is 6.61 Å². The average molecular weight is 214 g/mol. The molecule has 1 aromatic heterocycles. The number of hydrogen-bond donors (Lipinski definition) is 0. The summed E-state index contributed by atoms with van der Waals surface area (Å²) in [5.74, 6) is -0.203. The van der Waals surface area contributed by atoms with Crippen LogP contribution in [0.25, 0.3) is 0 Å². The van der Waals surface area contributed by atoms with Crippen molar-refractivity contribution in [3.63, 3.8) is 0 Å². The second-order valence-corrected chi connectivity index (χ2v) is 4.20. The van der Waals surface area contributed by atoms with E-state index >= 15 is 0 Å². The maximum absolute atomic E-state index is 11.5. The molecule has 1 rings (SSSR count). The van der Waals surface area contributed by atoms with Crippen LogP contribution in [0.2, 0.25) is 0 Å². The van der Waals surface area contributed by atoms with Gasteiger partial charge in [0.2, 0.25) is 10.7 Å². The van der Waals surface area contributed by atoms with E-state index in [0.717, 1.165) is 22.1 Å². The number of aryl methyl sites for hydroxylation is 1. The van der Waals surface area contributed by atoms with Crippen LogP contribution in [0.15, 0.2) is 0 Å². The van der Waals surface area contributed by atoms with Gasteiger partial charge >= 0.3 is 5.97 Å². The zero-order chi connectivity index (χ0) is 10.7. The summed E-state index contributed by atoms with van der Waals surface area (Å²) in [5, 5.41) is 1.15. The van der Waals surface area contributed by atoms with Crippen LogP contribution in [-0.4, -0.2) is 12.6 Å². The molecule has 0 aromatic carbocycles. The molecule has 1 heterocycles. The quantitative estimate of drug-likeness (QED) is 0.568. The van der Waals surface area contributed by atoms with Crippen LogP contribution in [0, 0.1) is 13.8 Å². The van der Waals surface area contributed by atoms with Crippen molar-refractivity contribution in [1.29, 1.82) is 0 Å². The molecule has 0 fully saturated rings. The number of carbonyl (C=O) groups excluding carboxylic acids is 1. The Bertz CT molecular complexity index is 344. The Morgan fingerprint density at radius 3 is 2.50 bits per heavy atom. The fraction of sp³-hybridized carbons (Fsp3) is 0.600. The lowest BCUT2D eigenvalue weighted by atomic mass is 10.4. The molecule has 0 saturated heterocycles. The molecule has 0 aliphatic heterocycles. The standard InChI is InChI=1S/C10H16NO2S/c1-5-11-7(3)9(14-8(11)4)10(12)13-6-2/h5-6H2,1-4H3/q+1. The van der Waals surface area contributed by atoms with E-state index in [1.165, 1.54) is 11.3 Å². The Morgan fingerprint density at radius 2 is 2.07 bits per heavy atom. The van der Waals surface area contributed by atoms with Gasteiger partial charge in [0, 0.05) is 13.8 Å². The first-order valence-corrected chi connectivity index (χ1v) is 5.60. The van der Waals surface area contributed by atoms with E-state index in [1.807, 2.05) is 20.8 Å². The van der Waals surface area contributed by atoms with Gasteiger partial charge in [0.1, 0.15) is 6.54 Å². The molecular weight excluding hydrogens is 198 g/mol. The Balaban J connectivity index is 3.04. The summed E-state index contributed by atoms with van der Waals surface area (Å²) in [4.78, 5) is 12.2. The number of thiazole rings is 1. The number of hydrogen-bond acceptors (Lipinski definition) is 3. The van der Waals surface area contributed by atoms with Gasteiger partial charge in [-0.3, -0.25) is 0 Å². The number of nitrogens with zero attached hydrogens (tertiary/aromatic N) is 1. The smallest absolute Gasteiger partial charge is 0.355 e. The summed E-state index contributed by atoms with van der Waals surface area (Å²) < 4.78 is 7.10. The van der Waals surface area contributed by atoms with Crippen LogP contribution >= 0.6 is 11.3 Å². The van der Waals surface area contributed by atoms with E-state index in [-0.39, 0.29) is 5.97 Å². The summed E-state index contributed by atoms with van der Waals surface area (Å²) in [6.07, 6.45) is 0. The van der Waals surface area contributed by atoms with Crippen molar-refractivity contribution in [1.82, 2.24) is 0 Å². The molecule has 0 spiro atoms. The second-order valence-electron chi connectivity index (χ2n) is 3.00. The van der Waals surface area contributed by atoms with Crippen molar-refractivity contribution in [2.75, 3.05) is 6.61 Å². The lowest BCUT2D eigenvalue weighted by Gasteiger charge is -1.96. The lowest BCUT2D eigenvalue weighted by molar-refractivity contribution is -0.700. The van der Waals surface area contributed by atoms with Crippen molar-refractivity contribution in [2.24, 2.45) is 0 Å². The number of esters is 1. The highest BCUT2D eigenvalue weighted by atomic mass is 32.1. The lowest BCUT2D eigenvalue weighted by Crippen LogP contribution is -2.36.